The monoisotopic (exact) mass is 459 g/mol. The molecule has 8 nitrogen and oxygen atoms in total. The molecule has 1 atom stereocenters. The summed E-state index contributed by atoms with van der Waals surface area (Å²) in [6.07, 6.45) is 2.17. The maximum atomic E-state index is 13.1. The molecule has 5 rings (SSSR count). The van der Waals surface area contributed by atoms with E-state index in [9.17, 15) is 4.79 Å². The predicted molar refractivity (Wildman–Crippen MR) is 125 cm³/mol. The van der Waals surface area contributed by atoms with Gasteiger partial charge in [0.1, 0.15) is 17.6 Å². The molecule has 166 valence electrons. The summed E-state index contributed by atoms with van der Waals surface area (Å²) in [6.45, 7) is 0. The Balaban J connectivity index is 1.32. The standard InChI is InChI=1S/C24H21N5O3S/c1-31-18-11-9-16(10-12-18)19-14-20(21-8-5-13-32-21)29(28-19)22(30)15-33-24-25-23(26-27-24)17-6-3-2-4-7-17/h2-13,20H,14-15H2,1H3,(H,25,26,27)/t20-/m0/s1. The number of amides is 1. The topological polar surface area (TPSA) is 96.6 Å². The number of hydrogen-bond donors (Lipinski definition) is 1. The van der Waals surface area contributed by atoms with Gasteiger partial charge in [0.25, 0.3) is 5.91 Å². The summed E-state index contributed by atoms with van der Waals surface area (Å²) >= 11 is 1.27. The Hall–Kier alpha value is -3.85. The number of carbonyl (C=O) groups is 1. The van der Waals surface area contributed by atoms with Crippen molar-refractivity contribution < 1.29 is 13.9 Å². The quantitative estimate of drug-likeness (QED) is 0.408. The molecule has 9 heteroatoms. The van der Waals surface area contributed by atoms with Gasteiger partial charge in [-0.15, -0.1) is 5.10 Å². The summed E-state index contributed by atoms with van der Waals surface area (Å²) in [7, 11) is 1.63. The molecule has 0 aliphatic carbocycles. The van der Waals surface area contributed by atoms with Gasteiger partial charge in [-0.05, 0) is 42.0 Å². The van der Waals surface area contributed by atoms with Crippen molar-refractivity contribution in [1.29, 1.82) is 0 Å². The predicted octanol–water partition coefficient (Wildman–Crippen LogP) is 4.54. The van der Waals surface area contributed by atoms with Crippen LogP contribution in [0.2, 0.25) is 0 Å². The zero-order valence-corrected chi connectivity index (χ0v) is 18.7. The van der Waals surface area contributed by atoms with Gasteiger partial charge in [-0.3, -0.25) is 9.89 Å². The second kappa shape index (κ2) is 9.33. The number of thioether (sulfide) groups is 1. The van der Waals surface area contributed by atoms with Gasteiger partial charge < -0.3 is 9.15 Å². The largest absolute Gasteiger partial charge is 0.497 e. The zero-order valence-electron chi connectivity index (χ0n) is 17.8. The number of aromatic amines is 1. The molecule has 1 amide bonds. The number of ether oxygens (including phenoxy) is 1. The Bertz CT molecular complexity index is 1250. The normalized spacial score (nSPS) is 15.5. The smallest absolute Gasteiger partial charge is 0.253 e. The molecule has 2 aromatic carbocycles. The Morgan fingerprint density at radius 2 is 1.94 bits per heavy atom. The highest BCUT2D eigenvalue weighted by atomic mass is 32.2. The van der Waals surface area contributed by atoms with Gasteiger partial charge in [0, 0.05) is 12.0 Å². The van der Waals surface area contributed by atoms with Crippen molar-refractivity contribution in [3.63, 3.8) is 0 Å². The highest BCUT2D eigenvalue weighted by Crippen LogP contribution is 2.34. The first-order valence-corrected chi connectivity index (χ1v) is 11.4. The lowest BCUT2D eigenvalue weighted by molar-refractivity contribution is -0.130. The third kappa shape index (κ3) is 4.54. The number of benzene rings is 2. The summed E-state index contributed by atoms with van der Waals surface area (Å²) in [5.41, 5.74) is 2.70. The molecule has 0 bridgehead atoms. The fraction of sp³-hybridized carbons (Fsp3) is 0.167. The molecule has 0 saturated heterocycles. The molecular formula is C24H21N5O3S. The SMILES string of the molecule is COc1ccc(C2=NN(C(=O)CSc3n[nH]c(-c4ccccc4)n3)[C@H](c3ccco3)C2)cc1. The van der Waals surface area contributed by atoms with Crippen molar-refractivity contribution in [3.8, 4) is 17.1 Å². The van der Waals surface area contributed by atoms with E-state index in [1.807, 2.05) is 66.7 Å². The molecule has 2 aromatic heterocycles. The van der Waals surface area contributed by atoms with Crippen LogP contribution in [-0.4, -0.2) is 44.7 Å². The van der Waals surface area contributed by atoms with Crippen LogP contribution in [0.4, 0.5) is 0 Å². The fourth-order valence-electron chi connectivity index (χ4n) is 3.63. The fourth-order valence-corrected chi connectivity index (χ4v) is 4.28. The number of furan rings is 1. The van der Waals surface area contributed by atoms with Crippen LogP contribution in [0.15, 0.2) is 87.7 Å². The molecule has 4 aromatic rings. The van der Waals surface area contributed by atoms with E-state index in [0.29, 0.717) is 23.2 Å². The van der Waals surface area contributed by atoms with Gasteiger partial charge >= 0.3 is 0 Å². The van der Waals surface area contributed by atoms with Gasteiger partial charge in [-0.1, -0.05) is 42.1 Å². The van der Waals surface area contributed by atoms with E-state index >= 15 is 0 Å². The van der Waals surface area contributed by atoms with Crippen LogP contribution in [-0.2, 0) is 4.79 Å². The average Bonchev–Trinajstić information content (AvgIpc) is 3.64. The first-order chi connectivity index (χ1) is 16.2. The van der Waals surface area contributed by atoms with Gasteiger partial charge in [0.15, 0.2) is 5.82 Å². The maximum absolute atomic E-state index is 13.1. The minimum absolute atomic E-state index is 0.143. The Labute approximate surface area is 194 Å². The van der Waals surface area contributed by atoms with Crippen LogP contribution in [0.5, 0.6) is 5.75 Å². The summed E-state index contributed by atoms with van der Waals surface area (Å²) in [5, 5.41) is 13.8. The minimum atomic E-state index is -0.294. The lowest BCUT2D eigenvalue weighted by atomic mass is 10.0. The summed E-state index contributed by atoms with van der Waals surface area (Å²) in [6, 6.07) is 20.8. The molecular weight excluding hydrogens is 438 g/mol. The highest BCUT2D eigenvalue weighted by molar-refractivity contribution is 7.99. The summed E-state index contributed by atoms with van der Waals surface area (Å²) in [4.78, 5) is 17.6. The van der Waals surface area contributed by atoms with Crippen LogP contribution in [0.25, 0.3) is 11.4 Å². The lowest BCUT2D eigenvalue weighted by Gasteiger charge is -2.19. The van der Waals surface area contributed by atoms with E-state index in [2.05, 4.69) is 20.3 Å². The lowest BCUT2D eigenvalue weighted by Crippen LogP contribution is -2.28. The first kappa shape index (κ1) is 21.0. The van der Waals surface area contributed by atoms with E-state index in [4.69, 9.17) is 9.15 Å². The van der Waals surface area contributed by atoms with Gasteiger partial charge in [-0.25, -0.2) is 9.99 Å². The molecule has 0 radical (unpaired) electrons. The second-order valence-corrected chi connectivity index (χ2v) is 8.31. The number of carbonyl (C=O) groups excluding carboxylic acids is 1. The van der Waals surface area contributed by atoms with E-state index < -0.39 is 0 Å². The second-order valence-electron chi connectivity index (χ2n) is 7.37. The third-order valence-electron chi connectivity index (χ3n) is 5.30. The van der Waals surface area contributed by atoms with Crippen molar-refractivity contribution in [2.45, 2.75) is 17.6 Å². The number of rotatable bonds is 7. The summed E-state index contributed by atoms with van der Waals surface area (Å²) < 4.78 is 10.8. The maximum Gasteiger partial charge on any atom is 0.253 e. The van der Waals surface area contributed by atoms with Gasteiger partial charge in [0.05, 0.1) is 24.8 Å². The first-order valence-electron chi connectivity index (χ1n) is 10.4. The molecule has 1 aliphatic heterocycles. The number of nitrogens with zero attached hydrogens (tertiary/aromatic N) is 4. The van der Waals surface area contributed by atoms with Crippen LogP contribution in [0.3, 0.4) is 0 Å². The number of H-pyrrole nitrogens is 1. The number of aromatic nitrogens is 3. The summed E-state index contributed by atoms with van der Waals surface area (Å²) in [5.74, 6) is 2.15. The number of hydrazone groups is 1. The highest BCUT2D eigenvalue weighted by Gasteiger charge is 2.34. The van der Waals surface area contributed by atoms with E-state index in [1.165, 1.54) is 16.8 Å². The number of methoxy groups -OCH3 is 1. The Morgan fingerprint density at radius 3 is 2.67 bits per heavy atom. The molecule has 1 N–H and O–H groups in total. The molecule has 0 fully saturated rings. The van der Waals surface area contributed by atoms with Crippen LogP contribution in [0.1, 0.15) is 23.8 Å². The van der Waals surface area contributed by atoms with E-state index in [-0.39, 0.29) is 17.7 Å². The van der Waals surface area contributed by atoms with Crippen LogP contribution >= 0.6 is 11.8 Å². The van der Waals surface area contributed by atoms with Crippen molar-refractivity contribution >= 4 is 23.4 Å². The minimum Gasteiger partial charge on any atom is -0.497 e. The van der Waals surface area contributed by atoms with Crippen molar-refractivity contribution in [3.05, 3.63) is 84.3 Å². The molecule has 0 spiro atoms. The molecule has 3 heterocycles. The van der Waals surface area contributed by atoms with Gasteiger partial charge in [-0.2, -0.15) is 5.10 Å². The van der Waals surface area contributed by atoms with Crippen molar-refractivity contribution in [2.24, 2.45) is 5.10 Å². The van der Waals surface area contributed by atoms with E-state index in [1.54, 1.807) is 13.4 Å². The zero-order chi connectivity index (χ0) is 22.6. The molecule has 0 saturated carbocycles. The van der Waals surface area contributed by atoms with Crippen molar-refractivity contribution in [2.75, 3.05) is 12.9 Å². The van der Waals surface area contributed by atoms with Crippen molar-refractivity contribution in [1.82, 2.24) is 20.2 Å². The van der Waals surface area contributed by atoms with Crippen LogP contribution < -0.4 is 4.74 Å². The average molecular weight is 460 g/mol. The Kier molecular flexibility index (Phi) is 5.95. The molecule has 33 heavy (non-hydrogen) atoms. The Morgan fingerprint density at radius 1 is 1.12 bits per heavy atom. The number of nitrogens with one attached hydrogen (secondary N) is 1. The van der Waals surface area contributed by atoms with Crippen LogP contribution in [0, 0.1) is 0 Å². The van der Waals surface area contributed by atoms with Gasteiger partial charge in [0.2, 0.25) is 5.16 Å². The molecule has 1 aliphatic rings. The van der Waals surface area contributed by atoms with E-state index in [0.717, 1.165) is 22.6 Å². The third-order valence-corrected chi connectivity index (χ3v) is 6.13. The number of hydrogen-bond acceptors (Lipinski definition) is 7. The molecule has 0 unspecified atom stereocenters.